The first-order valence-corrected chi connectivity index (χ1v) is 9.09. The van der Waals surface area contributed by atoms with Crippen molar-refractivity contribution >= 4 is 23.4 Å². The fraction of sp³-hybridized carbons (Fsp3) is 0.300. The van der Waals surface area contributed by atoms with Crippen molar-refractivity contribution < 1.29 is 4.52 Å². The SMILES string of the molecule is CCC(C)n1ncc2c(-c3nc(-c4ccc(CN)cc4)no3)cc(C)nc21.Cl. The number of pyridine rings is 1. The zero-order chi connectivity index (χ0) is 19.0. The summed E-state index contributed by atoms with van der Waals surface area (Å²) in [6, 6.07) is 10.1. The first-order valence-electron chi connectivity index (χ1n) is 9.09. The Labute approximate surface area is 169 Å². The number of fused-ring (bicyclic) bond motifs is 1. The fourth-order valence-electron chi connectivity index (χ4n) is 3.06. The van der Waals surface area contributed by atoms with Gasteiger partial charge in [0.05, 0.1) is 23.2 Å². The van der Waals surface area contributed by atoms with E-state index < -0.39 is 0 Å². The lowest BCUT2D eigenvalue weighted by molar-refractivity contribution is 0.432. The van der Waals surface area contributed by atoms with Crippen molar-refractivity contribution in [2.75, 3.05) is 0 Å². The summed E-state index contributed by atoms with van der Waals surface area (Å²) in [6.07, 6.45) is 2.80. The average molecular weight is 399 g/mol. The number of aromatic nitrogens is 5. The number of hydrogen-bond acceptors (Lipinski definition) is 6. The van der Waals surface area contributed by atoms with E-state index in [4.69, 9.17) is 10.3 Å². The van der Waals surface area contributed by atoms with Crippen molar-refractivity contribution in [3.8, 4) is 22.8 Å². The third kappa shape index (κ3) is 3.50. The Balaban J connectivity index is 0.00000225. The second-order valence-corrected chi connectivity index (χ2v) is 6.72. The molecule has 0 amide bonds. The lowest BCUT2D eigenvalue weighted by Gasteiger charge is -2.10. The average Bonchev–Trinajstić information content (AvgIpc) is 3.34. The molecule has 1 aromatic carbocycles. The Hall–Kier alpha value is -2.77. The summed E-state index contributed by atoms with van der Waals surface area (Å²) >= 11 is 0. The first-order chi connectivity index (χ1) is 13.1. The van der Waals surface area contributed by atoms with Gasteiger partial charge < -0.3 is 10.3 Å². The molecule has 0 spiro atoms. The first kappa shape index (κ1) is 20.0. The van der Waals surface area contributed by atoms with Crippen LogP contribution in [0.3, 0.4) is 0 Å². The maximum absolute atomic E-state index is 5.66. The molecule has 4 rings (SSSR count). The monoisotopic (exact) mass is 398 g/mol. The molecule has 0 saturated heterocycles. The minimum atomic E-state index is 0. The van der Waals surface area contributed by atoms with Gasteiger partial charge >= 0.3 is 0 Å². The molecule has 4 aromatic rings. The fourth-order valence-corrected chi connectivity index (χ4v) is 3.06. The largest absolute Gasteiger partial charge is 0.334 e. The molecule has 0 aliphatic rings. The predicted molar refractivity (Wildman–Crippen MR) is 111 cm³/mol. The molecule has 146 valence electrons. The van der Waals surface area contributed by atoms with E-state index >= 15 is 0 Å². The highest BCUT2D eigenvalue weighted by molar-refractivity contribution is 5.90. The van der Waals surface area contributed by atoms with Crippen LogP contribution in [0.4, 0.5) is 0 Å². The third-order valence-corrected chi connectivity index (χ3v) is 4.81. The molecule has 8 heteroatoms. The zero-order valence-corrected chi connectivity index (χ0v) is 16.9. The molecule has 3 aromatic heterocycles. The molecule has 0 aliphatic carbocycles. The Bertz CT molecular complexity index is 1090. The summed E-state index contributed by atoms with van der Waals surface area (Å²) in [4.78, 5) is 9.27. The minimum absolute atomic E-state index is 0. The molecule has 0 radical (unpaired) electrons. The second-order valence-electron chi connectivity index (χ2n) is 6.72. The van der Waals surface area contributed by atoms with Crippen LogP contribution >= 0.6 is 12.4 Å². The number of aryl methyl sites for hydroxylation is 1. The zero-order valence-electron chi connectivity index (χ0n) is 16.1. The second kappa shape index (κ2) is 8.08. The standard InChI is InChI=1S/C20H22N6O.ClH/c1-4-13(3)26-19-17(11-22-26)16(9-12(2)23-19)20-24-18(25-27-20)15-7-5-14(10-21)6-8-15;/h5-9,11,13H,4,10,21H2,1-3H3;1H. The number of rotatable bonds is 5. The van der Waals surface area contributed by atoms with Gasteiger partial charge in [-0.15, -0.1) is 12.4 Å². The van der Waals surface area contributed by atoms with Crippen molar-refractivity contribution in [2.45, 2.75) is 39.8 Å². The van der Waals surface area contributed by atoms with Crippen molar-refractivity contribution in [1.29, 1.82) is 0 Å². The summed E-state index contributed by atoms with van der Waals surface area (Å²) in [5, 5.41) is 9.59. The van der Waals surface area contributed by atoms with E-state index in [1.165, 1.54) is 0 Å². The molecule has 0 saturated carbocycles. The Kier molecular flexibility index (Phi) is 5.76. The Morgan fingerprint density at radius 1 is 1.18 bits per heavy atom. The van der Waals surface area contributed by atoms with Gasteiger partial charge in [0.15, 0.2) is 5.65 Å². The number of nitrogens with zero attached hydrogens (tertiary/aromatic N) is 5. The maximum atomic E-state index is 5.66. The van der Waals surface area contributed by atoms with Crippen LogP contribution in [-0.4, -0.2) is 24.9 Å². The van der Waals surface area contributed by atoms with Crippen LogP contribution in [0.25, 0.3) is 33.9 Å². The van der Waals surface area contributed by atoms with Crippen LogP contribution in [0.15, 0.2) is 41.1 Å². The summed E-state index contributed by atoms with van der Waals surface area (Å²) in [6.45, 7) is 6.73. The van der Waals surface area contributed by atoms with Crippen LogP contribution in [0.1, 0.15) is 37.6 Å². The normalized spacial score (nSPS) is 12.1. The van der Waals surface area contributed by atoms with Gasteiger partial charge in [0.25, 0.3) is 5.89 Å². The highest BCUT2D eigenvalue weighted by Gasteiger charge is 2.18. The molecule has 3 heterocycles. The van der Waals surface area contributed by atoms with Crippen LogP contribution in [0.5, 0.6) is 0 Å². The van der Waals surface area contributed by atoms with Gasteiger partial charge in [-0.05, 0) is 31.9 Å². The van der Waals surface area contributed by atoms with Crippen LogP contribution in [0.2, 0.25) is 0 Å². The highest BCUT2D eigenvalue weighted by Crippen LogP contribution is 2.30. The van der Waals surface area contributed by atoms with Crippen molar-refractivity contribution in [1.82, 2.24) is 24.9 Å². The van der Waals surface area contributed by atoms with Gasteiger partial charge in [0.2, 0.25) is 5.82 Å². The summed E-state index contributed by atoms with van der Waals surface area (Å²) in [5.41, 5.74) is 10.2. The molecular weight excluding hydrogens is 376 g/mol. The van der Waals surface area contributed by atoms with Gasteiger partial charge in [-0.2, -0.15) is 10.1 Å². The van der Waals surface area contributed by atoms with Crippen LogP contribution < -0.4 is 5.73 Å². The van der Waals surface area contributed by atoms with E-state index in [2.05, 4.69) is 34.1 Å². The number of hydrogen-bond donors (Lipinski definition) is 1. The summed E-state index contributed by atoms with van der Waals surface area (Å²) < 4.78 is 7.52. The van der Waals surface area contributed by atoms with Gasteiger partial charge in [0.1, 0.15) is 0 Å². The molecule has 1 atom stereocenters. The lowest BCUT2D eigenvalue weighted by atomic mass is 10.1. The van der Waals surface area contributed by atoms with E-state index in [-0.39, 0.29) is 18.4 Å². The maximum Gasteiger partial charge on any atom is 0.259 e. The minimum Gasteiger partial charge on any atom is -0.334 e. The number of benzene rings is 1. The van der Waals surface area contributed by atoms with Crippen LogP contribution in [0, 0.1) is 6.92 Å². The van der Waals surface area contributed by atoms with E-state index in [0.717, 1.165) is 39.8 Å². The topological polar surface area (TPSA) is 95.7 Å². The molecule has 28 heavy (non-hydrogen) atoms. The molecule has 0 aliphatic heterocycles. The van der Waals surface area contributed by atoms with Gasteiger partial charge in [-0.3, -0.25) is 0 Å². The Morgan fingerprint density at radius 2 is 1.93 bits per heavy atom. The van der Waals surface area contributed by atoms with E-state index in [1.54, 1.807) is 0 Å². The van der Waals surface area contributed by atoms with Gasteiger partial charge in [-0.25, -0.2) is 9.67 Å². The predicted octanol–water partition coefficient (Wildman–Crippen LogP) is 4.31. The molecule has 7 nitrogen and oxygen atoms in total. The van der Waals surface area contributed by atoms with Gasteiger partial charge in [0, 0.05) is 17.8 Å². The lowest BCUT2D eigenvalue weighted by Crippen LogP contribution is -2.06. The molecule has 0 fully saturated rings. The van der Waals surface area contributed by atoms with E-state index in [9.17, 15) is 0 Å². The van der Waals surface area contributed by atoms with Crippen molar-refractivity contribution in [3.05, 3.63) is 47.8 Å². The third-order valence-electron chi connectivity index (χ3n) is 4.81. The highest BCUT2D eigenvalue weighted by atomic mass is 35.5. The van der Waals surface area contributed by atoms with E-state index in [0.29, 0.717) is 18.3 Å². The molecular formula is C20H23ClN6O. The van der Waals surface area contributed by atoms with Crippen molar-refractivity contribution in [3.63, 3.8) is 0 Å². The summed E-state index contributed by atoms with van der Waals surface area (Å²) in [5.74, 6) is 1.01. The van der Waals surface area contributed by atoms with Gasteiger partial charge in [-0.1, -0.05) is 36.3 Å². The molecule has 1 unspecified atom stereocenters. The summed E-state index contributed by atoms with van der Waals surface area (Å²) in [7, 11) is 0. The molecule has 2 N–H and O–H groups in total. The van der Waals surface area contributed by atoms with Crippen LogP contribution in [-0.2, 0) is 6.54 Å². The quantitative estimate of drug-likeness (QED) is 0.538. The number of halogens is 1. The smallest absolute Gasteiger partial charge is 0.259 e. The number of nitrogens with two attached hydrogens (primary N) is 1. The van der Waals surface area contributed by atoms with Crippen molar-refractivity contribution in [2.24, 2.45) is 5.73 Å². The Morgan fingerprint density at radius 3 is 2.61 bits per heavy atom. The van der Waals surface area contributed by atoms with E-state index in [1.807, 2.05) is 48.1 Å². The molecule has 0 bridgehead atoms.